The third-order valence-electron chi connectivity index (χ3n) is 4.12. The summed E-state index contributed by atoms with van der Waals surface area (Å²) in [4.78, 5) is 23.8. The lowest BCUT2D eigenvalue weighted by Crippen LogP contribution is -2.35. The summed E-state index contributed by atoms with van der Waals surface area (Å²) < 4.78 is 48.2. The number of alkyl carbamates (subject to hydrolysis) is 1. The van der Waals surface area contributed by atoms with Crippen molar-refractivity contribution in [3.63, 3.8) is 0 Å². The van der Waals surface area contributed by atoms with E-state index in [1.165, 1.54) is 12.1 Å². The molecule has 1 aromatic carbocycles. The topological polar surface area (TPSA) is 64.6 Å². The molecule has 0 saturated carbocycles. The zero-order valence-corrected chi connectivity index (χ0v) is 16.1. The fraction of sp³-hybridized carbons (Fsp3) is 0.500. The minimum atomic E-state index is -4.38. The first-order valence-corrected chi connectivity index (χ1v) is 8.96. The number of amides is 1. The first-order valence-electron chi connectivity index (χ1n) is 8.96. The van der Waals surface area contributed by atoms with Gasteiger partial charge in [0.05, 0.1) is 11.5 Å². The molecule has 0 radical (unpaired) electrons. The van der Waals surface area contributed by atoms with E-state index in [2.05, 4.69) is 5.32 Å². The van der Waals surface area contributed by atoms with Crippen molar-refractivity contribution in [3.8, 4) is 0 Å². The second-order valence-electron chi connectivity index (χ2n) is 7.57. The first kappa shape index (κ1) is 21.8. The quantitative estimate of drug-likeness (QED) is 0.577. The van der Waals surface area contributed by atoms with Gasteiger partial charge in [0, 0.05) is 0 Å². The maximum absolute atomic E-state index is 12.7. The minimum Gasteiger partial charge on any atom is -0.444 e. The van der Waals surface area contributed by atoms with Gasteiger partial charge in [-0.3, -0.25) is 10.1 Å². The van der Waals surface area contributed by atoms with Crippen molar-refractivity contribution in [2.75, 3.05) is 6.73 Å². The van der Waals surface area contributed by atoms with Gasteiger partial charge in [0.2, 0.25) is 0 Å². The molecule has 1 atom stereocenters. The molecule has 0 spiro atoms. The maximum Gasteiger partial charge on any atom is 0.416 e. The van der Waals surface area contributed by atoms with E-state index < -0.39 is 35.3 Å². The van der Waals surface area contributed by atoms with E-state index in [9.17, 15) is 22.8 Å². The smallest absolute Gasteiger partial charge is 0.416 e. The van der Waals surface area contributed by atoms with E-state index >= 15 is 0 Å². The van der Waals surface area contributed by atoms with Crippen LogP contribution in [0.5, 0.6) is 0 Å². The Morgan fingerprint density at radius 1 is 1.14 bits per heavy atom. The van der Waals surface area contributed by atoms with Gasteiger partial charge < -0.3 is 9.47 Å². The predicted octanol–water partition coefficient (Wildman–Crippen LogP) is 4.91. The summed E-state index contributed by atoms with van der Waals surface area (Å²) in [6, 6.07) is 4.88. The van der Waals surface area contributed by atoms with E-state index in [-0.39, 0.29) is 6.73 Å². The van der Waals surface area contributed by atoms with Gasteiger partial charge in [-0.05, 0) is 63.3 Å². The third-order valence-corrected chi connectivity index (χ3v) is 4.12. The summed E-state index contributed by atoms with van der Waals surface area (Å²) in [7, 11) is 0. The Hall–Kier alpha value is -2.51. The number of allylic oxidation sites excluding steroid dienone is 2. The molecule has 0 saturated heterocycles. The molecule has 8 heteroatoms. The van der Waals surface area contributed by atoms with Crippen molar-refractivity contribution in [2.24, 2.45) is 5.92 Å². The normalized spacial score (nSPS) is 17.5. The fourth-order valence-corrected chi connectivity index (χ4v) is 2.82. The molecule has 0 heterocycles. The van der Waals surface area contributed by atoms with Gasteiger partial charge in [-0.2, -0.15) is 13.2 Å². The van der Waals surface area contributed by atoms with Crippen LogP contribution in [0.2, 0.25) is 0 Å². The Bertz CT molecular complexity index is 733. The molecular formula is C20H24F3NO4. The molecule has 154 valence electrons. The van der Waals surface area contributed by atoms with Crippen molar-refractivity contribution in [1.29, 1.82) is 0 Å². The molecule has 0 unspecified atom stereocenters. The molecule has 0 aliphatic heterocycles. The SMILES string of the molecule is CC(C)(C)OC(=O)NCOC(=O)[C@@H]1CCC=C(c2ccc(C(F)(F)F)cc2)C1. The number of esters is 1. The second kappa shape index (κ2) is 8.67. The van der Waals surface area contributed by atoms with E-state index in [0.717, 1.165) is 17.7 Å². The third kappa shape index (κ3) is 6.58. The lowest BCUT2D eigenvalue weighted by Gasteiger charge is -2.23. The van der Waals surface area contributed by atoms with Crippen LogP contribution in [-0.2, 0) is 20.4 Å². The Morgan fingerprint density at radius 3 is 2.36 bits per heavy atom. The number of nitrogens with one attached hydrogen (secondary N) is 1. The fourth-order valence-electron chi connectivity index (χ4n) is 2.82. The van der Waals surface area contributed by atoms with Crippen molar-refractivity contribution in [2.45, 2.75) is 51.8 Å². The van der Waals surface area contributed by atoms with Gasteiger partial charge in [-0.15, -0.1) is 0 Å². The predicted molar refractivity (Wildman–Crippen MR) is 97.1 cm³/mol. The van der Waals surface area contributed by atoms with Gasteiger partial charge in [-0.1, -0.05) is 18.2 Å². The molecule has 1 amide bonds. The summed E-state index contributed by atoms with van der Waals surface area (Å²) in [5, 5.41) is 2.35. The Morgan fingerprint density at radius 2 is 1.79 bits per heavy atom. The summed E-state index contributed by atoms with van der Waals surface area (Å²) in [5.41, 5.74) is 0.0926. The largest absolute Gasteiger partial charge is 0.444 e. The molecular weight excluding hydrogens is 375 g/mol. The number of benzene rings is 1. The number of halogens is 3. The maximum atomic E-state index is 12.7. The van der Waals surface area contributed by atoms with E-state index in [4.69, 9.17) is 9.47 Å². The monoisotopic (exact) mass is 399 g/mol. The molecule has 1 aliphatic carbocycles. The summed E-state index contributed by atoms with van der Waals surface area (Å²) >= 11 is 0. The molecule has 0 bridgehead atoms. The number of hydrogen-bond acceptors (Lipinski definition) is 4. The Balaban J connectivity index is 1.87. The lowest BCUT2D eigenvalue weighted by molar-refractivity contribution is -0.149. The van der Waals surface area contributed by atoms with Crippen LogP contribution in [0, 0.1) is 5.92 Å². The van der Waals surface area contributed by atoms with E-state index in [1.807, 2.05) is 6.08 Å². The summed E-state index contributed by atoms with van der Waals surface area (Å²) in [6.07, 6.45) is -1.57. The number of alkyl halides is 3. The van der Waals surface area contributed by atoms with Crippen LogP contribution < -0.4 is 5.32 Å². The van der Waals surface area contributed by atoms with E-state index in [1.54, 1.807) is 20.8 Å². The zero-order valence-electron chi connectivity index (χ0n) is 16.1. The van der Waals surface area contributed by atoms with Gasteiger partial charge in [0.25, 0.3) is 0 Å². The highest BCUT2D eigenvalue weighted by molar-refractivity contribution is 5.78. The van der Waals surface area contributed by atoms with Crippen LogP contribution in [0.1, 0.15) is 51.2 Å². The highest BCUT2D eigenvalue weighted by Crippen LogP contribution is 2.34. The number of rotatable bonds is 4. The lowest BCUT2D eigenvalue weighted by atomic mass is 9.85. The van der Waals surface area contributed by atoms with Crippen molar-refractivity contribution >= 4 is 17.6 Å². The van der Waals surface area contributed by atoms with Gasteiger partial charge in [0.15, 0.2) is 6.73 Å². The van der Waals surface area contributed by atoms with Gasteiger partial charge >= 0.3 is 18.2 Å². The average molecular weight is 399 g/mol. The van der Waals surface area contributed by atoms with Gasteiger partial charge in [0.1, 0.15) is 5.60 Å². The molecule has 0 fully saturated rings. The van der Waals surface area contributed by atoms with Crippen LogP contribution >= 0.6 is 0 Å². The molecule has 1 aromatic rings. The highest BCUT2D eigenvalue weighted by atomic mass is 19.4. The van der Waals surface area contributed by atoms with Crippen molar-refractivity contribution in [1.82, 2.24) is 5.32 Å². The molecule has 2 rings (SSSR count). The number of carbonyl (C=O) groups is 2. The van der Waals surface area contributed by atoms with Crippen molar-refractivity contribution < 1.29 is 32.2 Å². The summed E-state index contributed by atoms with van der Waals surface area (Å²) in [6.45, 7) is 4.85. The Labute approximate surface area is 161 Å². The van der Waals surface area contributed by atoms with Crippen molar-refractivity contribution in [3.05, 3.63) is 41.5 Å². The number of carbonyl (C=O) groups excluding carboxylic acids is 2. The second-order valence-corrected chi connectivity index (χ2v) is 7.57. The summed E-state index contributed by atoms with van der Waals surface area (Å²) in [5.74, 6) is -0.878. The van der Waals surface area contributed by atoms with Crippen LogP contribution in [0.15, 0.2) is 30.3 Å². The minimum absolute atomic E-state index is 0.302. The molecule has 28 heavy (non-hydrogen) atoms. The Kier molecular flexibility index (Phi) is 6.74. The number of ether oxygens (including phenoxy) is 2. The van der Waals surface area contributed by atoms with Crippen LogP contribution in [0.4, 0.5) is 18.0 Å². The zero-order chi connectivity index (χ0) is 20.9. The van der Waals surface area contributed by atoms with Crippen LogP contribution in [-0.4, -0.2) is 24.4 Å². The van der Waals surface area contributed by atoms with E-state index in [0.29, 0.717) is 24.8 Å². The molecule has 0 aromatic heterocycles. The molecule has 5 nitrogen and oxygen atoms in total. The van der Waals surface area contributed by atoms with Crippen LogP contribution in [0.25, 0.3) is 5.57 Å². The standard InChI is InChI=1S/C20H24F3NO4/c1-19(2,3)28-18(26)24-12-27-17(25)15-6-4-5-14(11-15)13-7-9-16(10-8-13)20(21,22)23/h5,7-10,15H,4,6,11-12H2,1-3H3,(H,24,26)/t15-/m1/s1. The number of hydrogen-bond donors (Lipinski definition) is 1. The van der Waals surface area contributed by atoms with Crippen LogP contribution in [0.3, 0.4) is 0 Å². The average Bonchev–Trinajstić information content (AvgIpc) is 2.59. The van der Waals surface area contributed by atoms with Gasteiger partial charge in [-0.25, -0.2) is 4.79 Å². The molecule has 1 N–H and O–H groups in total. The molecule has 1 aliphatic rings. The highest BCUT2D eigenvalue weighted by Gasteiger charge is 2.30. The first-order chi connectivity index (χ1) is 13.0.